The molecule has 0 spiro atoms. The van der Waals surface area contributed by atoms with Crippen LogP contribution in [0.3, 0.4) is 0 Å². The molecule has 0 saturated heterocycles. The Labute approximate surface area is 149 Å². The third-order valence-corrected chi connectivity index (χ3v) is 5.62. The van der Waals surface area contributed by atoms with E-state index in [2.05, 4.69) is 33.2 Å². The molecule has 122 valence electrons. The number of carbonyl (C=O) groups excluding carboxylic acids is 1. The Morgan fingerprint density at radius 3 is 2.43 bits per heavy atom. The summed E-state index contributed by atoms with van der Waals surface area (Å²) in [4.78, 5) is 12.1. The van der Waals surface area contributed by atoms with Crippen molar-refractivity contribution >= 4 is 44.1 Å². The summed E-state index contributed by atoms with van der Waals surface area (Å²) in [6.45, 7) is 1.93. The number of anilines is 1. The van der Waals surface area contributed by atoms with Gasteiger partial charge in [-0.25, -0.2) is 13.2 Å². The van der Waals surface area contributed by atoms with Crippen LogP contribution < -0.4 is 10.6 Å². The third-order valence-electron chi connectivity index (χ3n) is 3.20. The van der Waals surface area contributed by atoms with Crippen molar-refractivity contribution < 1.29 is 13.2 Å². The van der Waals surface area contributed by atoms with Gasteiger partial charge in [0, 0.05) is 15.8 Å². The zero-order valence-electron chi connectivity index (χ0n) is 12.5. The largest absolute Gasteiger partial charge is 0.334 e. The highest BCUT2D eigenvalue weighted by atomic mass is 127. The first kappa shape index (κ1) is 17.7. The van der Waals surface area contributed by atoms with E-state index in [4.69, 9.17) is 0 Å². The summed E-state index contributed by atoms with van der Waals surface area (Å²) in [5.41, 5.74) is 1.55. The predicted molar refractivity (Wildman–Crippen MR) is 99.2 cm³/mol. The summed E-state index contributed by atoms with van der Waals surface area (Å²) < 4.78 is 24.5. The molecule has 0 heterocycles. The van der Waals surface area contributed by atoms with Gasteiger partial charge < -0.3 is 10.6 Å². The van der Waals surface area contributed by atoms with Crippen molar-refractivity contribution in [2.75, 3.05) is 11.1 Å². The number of benzene rings is 2. The Bertz CT molecular complexity index is 789. The molecule has 0 aromatic heterocycles. The molecule has 7 heteroatoms. The molecule has 0 saturated carbocycles. The van der Waals surface area contributed by atoms with Gasteiger partial charge in [0.25, 0.3) is 0 Å². The van der Waals surface area contributed by atoms with Crippen LogP contribution in [0.1, 0.15) is 12.5 Å². The molecule has 2 rings (SSSR count). The number of sulfone groups is 1. The van der Waals surface area contributed by atoms with Gasteiger partial charge in [0.15, 0.2) is 9.84 Å². The highest BCUT2D eigenvalue weighted by Gasteiger charge is 2.10. The minimum atomic E-state index is -3.19. The average Bonchev–Trinajstić information content (AvgIpc) is 2.53. The summed E-state index contributed by atoms with van der Waals surface area (Å²) in [5, 5.41) is 5.48. The average molecular weight is 444 g/mol. The minimum absolute atomic E-state index is 0.0723. The molecule has 0 aliphatic rings. The van der Waals surface area contributed by atoms with Crippen molar-refractivity contribution in [2.24, 2.45) is 0 Å². The molecule has 2 N–H and O–H groups in total. The van der Waals surface area contributed by atoms with Crippen molar-refractivity contribution in [2.45, 2.75) is 18.4 Å². The molecular weight excluding hydrogens is 427 g/mol. The van der Waals surface area contributed by atoms with Crippen LogP contribution in [0.2, 0.25) is 0 Å². The van der Waals surface area contributed by atoms with Crippen molar-refractivity contribution in [3.8, 4) is 0 Å². The second kappa shape index (κ2) is 7.78. The van der Waals surface area contributed by atoms with E-state index in [0.717, 1.165) is 14.8 Å². The molecule has 2 aromatic rings. The quantitative estimate of drug-likeness (QED) is 0.695. The molecular formula is C16H17IN2O3S. The summed E-state index contributed by atoms with van der Waals surface area (Å²) >= 11 is 2.17. The number of hydrogen-bond acceptors (Lipinski definition) is 3. The van der Waals surface area contributed by atoms with E-state index in [1.54, 1.807) is 31.2 Å². The van der Waals surface area contributed by atoms with E-state index >= 15 is 0 Å². The number of nitrogens with one attached hydrogen (secondary N) is 2. The monoisotopic (exact) mass is 444 g/mol. The maximum absolute atomic E-state index is 11.8. The molecule has 2 aromatic carbocycles. The lowest BCUT2D eigenvalue weighted by molar-refractivity contribution is 0.251. The Morgan fingerprint density at radius 1 is 1.13 bits per heavy atom. The van der Waals surface area contributed by atoms with Crippen LogP contribution >= 0.6 is 22.6 Å². The first-order chi connectivity index (χ1) is 10.9. The van der Waals surface area contributed by atoms with Crippen LogP contribution in [0.4, 0.5) is 10.5 Å². The topological polar surface area (TPSA) is 75.3 Å². The third kappa shape index (κ3) is 5.21. The number of amides is 2. The van der Waals surface area contributed by atoms with Gasteiger partial charge in [-0.2, -0.15) is 0 Å². The number of carbonyl (C=O) groups is 1. The molecule has 0 aliphatic heterocycles. The Balaban J connectivity index is 1.92. The van der Waals surface area contributed by atoms with Crippen LogP contribution in [0.15, 0.2) is 53.4 Å². The molecule has 2 amide bonds. The van der Waals surface area contributed by atoms with E-state index in [0.29, 0.717) is 11.4 Å². The van der Waals surface area contributed by atoms with E-state index in [1.807, 2.05) is 24.3 Å². The standard InChI is InChI=1S/C16H17IN2O3S/c1-2-23(21,22)15-8-6-12(7-9-15)11-18-16(20)19-14-5-3-4-13(17)10-14/h3-10H,2,11H2,1H3,(H2,18,19,20). The lowest BCUT2D eigenvalue weighted by Crippen LogP contribution is -2.28. The van der Waals surface area contributed by atoms with Gasteiger partial charge in [0.1, 0.15) is 0 Å². The van der Waals surface area contributed by atoms with Gasteiger partial charge >= 0.3 is 6.03 Å². The molecule has 0 bridgehead atoms. The molecule has 5 nitrogen and oxygen atoms in total. The van der Waals surface area contributed by atoms with Gasteiger partial charge in [0.05, 0.1) is 10.6 Å². The maximum Gasteiger partial charge on any atom is 0.319 e. The molecule has 0 fully saturated rings. The molecule has 0 unspecified atom stereocenters. The lowest BCUT2D eigenvalue weighted by Gasteiger charge is -2.08. The summed E-state index contributed by atoms with van der Waals surface area (Å²) in [6, 6.07) is 13.7. The van der Waals surface area contributed by atoms with Crippen molar-refractivity contribution in [3.05, 3.63) is 57.7 Å². The van der Waals surface area contributed by atoms with Crippen LogP contribution in [0, 0.1) is 3.57 Å². The van der Waals surface area contributed by atoms with E-state index in [-0.39, 0.29) is 11.8 Å². The zero-order chi connectivity index (χ0) is 16.9. The Morgan fingerprint density at radius 2 is 1.83 bits per heavy atom. The smallest absolute Gasteiger partial charge is 0.319 e. The van der Waals surface area contributed by atoms with Gasteiger partial charge in [-0.15, -0.1) is 0 Å². The van der Waals surface area contributed by atoms with E-state index in [1.165, 1.54) is 0 Å². The van der Waals surface area contributed by atoms with E-state index < -0.39 is 9.84 Å². The summed E-state index contributed by atoms with van der Waals surface area (Å²) in [6.07, 6.45) is 0. The first-order valence-corrected chi connectivity index (χ1v) is 9.76. The summed E-state index contributed by atoms with van der Waals surface area (Å²) in [5.74, 6) is 0.0723. The maximum atomic E-state index is 11.8. The van der Waals surface area contributed by atoms with Crippen molar-refractivity contribution in [1.29, 1.82) is 0 Å². The van der Waals surface area contributed by atoms with Crippen LogP contribution in [0.5, 0.6) is 0 Å². The number of rotatable bonds is 5. The van der Waals surface area contributed by atoms with E-state index in [9.17, 15) is 13.2 Å². The molecule has 0 radical (unpaired) electrons. The fourth-order valence-corrected chi connectivity index (χ4v) is 3.33. The van der Waals surface area contributed by atoms with Gasteiger partial charge in [-0.1, -0.05) is 25.1 Å². The van der Waals surface area contributed by atoms with Crippen molar-refractivity contribution in [3.63, 3.8) is 0 Å². The van der Waals surface area contributed by atoms with Gasteiger partial charge in [-0.3, -0.25) is 0 Å². The van der Waals surface area contributed by atoms with Gasteiger partial charge in [-0.05, 0) is 58.5 Å². The highest BCUT2D eigenvalue weighted by molar-refractivity contribution is 14.1. The second-order valence-corrected chi connectivity index (χ2v) is 8.39. The Kier molecular flexibility index (Phi) is 6.00. The number of halogens is 1. The van der Waals surface area contributed by atoms with Crippen molar-refractivity contribution in [1.82, 2.24) is 5.32 Å². The predicted octanol–water partition coefficient (Wildman–Crippen LogP) is 3.41. The number of urea groups is 1. The molecule has 23 heavy (non-hydrogen) atoms. The lowest BCUT2D eigenvalue weighted by atomic mass is 10.2. The second-order valence-electron chi connectivity index (χ2n) is 4.87. The normalized spacial score (nSPS) is 11.0. The SMILES string of the molecule is CCS(=O)(=O)c1ccc(CNC(=O)Nc2cccc(I)c2)cc1. The van der Waals surface area contributed by atoms with Crippen LogP contribution in [-0.2, 0) is 16.4 Å². The summed E-state index contributed by atoms with van der Waals surface area (Å²) in [7, 11) is -3.19. The Hall–Kier alpha value is -1.61. The fourth-order valence-electron chi connectivity index (χ4n) is 1.91. The van der Waals surface area contributed by atoms with Crippen LogP contribution in [-0.4, -0.2) is 20.2 Å². The fraction of sp³-hybridized carbons (Fsp3) is 0.188. The zero-order valence-corrected chi connectivity index (χ0v) is 15.5. The van der Waals surface area contributed by atoms with Gasteiger partial charge in [0.2, 0.25) is 0 Å². The van der Waals surface area contributed by atoms with Crippen LogP contribution in [0.25, 0.3) is 0 Å². The molecule has 0 atom stereocenters. The molecule has 0 aliphatic carbocycles. The first-order valence-electron chi connectivity index (χ1n) is 7.03. The highest BCUT2D eigenvalue weighted by Crippen LogP contribution is 2.13. The number of hydrogen-bond donors (Lipinski definition) is 2. The minimum Gasteiger partial charge on any atom is -0.334 e.